The van der Waals surface area contributed by atoms with Gasteiger partial charge in [0, 0.05) is 31.0 Å². The molecule has 0 atom stereocenters. The maximum absolute atomic E-state index is 4.29. The summed E-state index contributed by atoms with van der Waals surface area (Å²) < 4.78 is 0. The normalized spacial score (nSPS) is 10.7. The van der Waals surface area contributed by atoms with E-state index in [4.69, 9.17) is 0 Å². The number of rotatable bonds is 5. The Morgan fingerprint density at radius 1 is 1.39 bits per heavy atom. The zero-order valence-corrected chi connectivity index (χ0v) is 11.0. The van der Waals surface area contributed by atoms with Crippen LogP contribution in [0.15, 0.2) is 30.7 Å². The molecule has 0 bridgehead atoms. The van der Waals surface area contributed by atoms with Crippen LogP contribution >= 0.6 is 0 Å². The Morgan fingerprint density at radius 3 is 2.89 bits per heavy atom. The molecule has 96 valence electrons. The van der Waals surface area contributed by atoms with Gasteiger partial charge in [-0.2, -0.15) is 0 Å². The summed E-state index contributed by atoms with van der Waals surface area (Å²) >= 11 is 0. The lowest BCUT2D eigenvalue weighted by Crippen LogP contribution is -2.19. The first-order valence-electron chi connectivity index (χ1n) is 6.07. The summed E-state index contributed by atoms with van der Waals surface area (Å²) in [4.78, 5) is 13.8. The first kappa shape index (κ1) is 12.4. The van der Waals surface area contributed by atoms with Gasteiger partial charge < -0.3 is 15.2 Å². The molecular weight excluding hydrogens is 226 g/mol. The lowest BCUT2D eigenvalue weighted by Gasteiger charge is -2.18. The maximum Gasteiger partial charge on any atom is 0.134 e. The van der Waals surface area contributed by atoms with Crippen LogP contribution in [0.25, 0.3) is 0 Å². The summed E-state index contributed by atoms with van der Waals surface area (Å²) in [5, 5.41) is 3.27. The van der Waals surface area contributed by atoms with Gasteiger partial charge in [0.1, 0.15) is 18.0 Å². The van der Waals surface area contributed by atoms with Crippen molar-refractivity contribution < 1.29 is 0 Å². The average molecular weight is 245 g/mol. The molecule has 0 aliphatic rings. The van der Waals surface area contributed by atoms with Crippen LogP contribution in [-0.4, -0.2) is 28.0 Å². The first-order chi connectivity index (χ1) is 8.65. The van der Waals surface area contributed by atoms with Crippen molar-refractivity contribution in [2.75, 3.05) is 17.3 Å². The van der Waals surface area contributed by atoms with Gasteiger partial charge in [0.15, 0.2) is 0 Å². The number of nitrogens with zero attached hydrogens (tertiary/aromatic N) is 3. The van der Waals surface area contributed by atoms with Gasteiger partial charge in [0.05, 0.1) is 6.54 Å². The lowest BCUT2D eigenvalue weighted by atomic mass is 10.3. The van der Waals surface area contributed by atoms with E-state index in [0.29, 0.717) is 6.04 Å². The Labute approximate surface area is 107 Å². The molecule has 2 aromatic heterocycles. The fraction of sp³-hybridized carbons (Fsp3) is 0.385. The second-order valence-electron chi connectivity index (χ2n) is 4.61. The van der Waals surface area contributed by atoms with Crippen molar-refractivity contribution in [2.24, 2.45) is 0 Å². The predicted molar refractivity (Wildman–Crippen MR) is 73.7 cm³/mol. The van der Waals surface area contributed by atoms with Crippen molar-refractivity contribution >= 4 is 11.6 Å². The van der Waals surface area contributed by atoms with Crippen molar-refractivity contribution in [2.45, 2.75) is 26.4 Å². The fourth-order valence-corrected chi connectivity index (χ4v) is 1.73. The van der Waals surface area contributed by atoms with Crippen LogP contribution in [0.1, 0.15) is 19.5 Å². The number of aromatic amines is 1. The molecule has 0 amide bonds. The second kappa shape index (κ2) is 5.53. The molecule has 0 aromatic carbocycles. The fourth-order valence-electron chi connectivity index (χ4n) is 1.73. The van der Waals surface area contributed by atoms with Gasteiger partial charge in [-0.3, -0.25) is 0 Å². The molecule has 0 radical (unpaired) electrons. The molecule has 0 saturated heterocycles. The van der Waals surface area contributed by atoms with Crippen LogP contribution in [0.2, 0.25) is 0 Å². The Bertz CT molecular complexity index is 478. The molecule has 0 aliphatic carbocycles. The summed E-state index contributed by atoms with van der Waals surface area (Å²) in [7, 11) is 2.02. The highest BCUT2D eigenvalue weighted by Gasteiger charge is 2.06. The van der Waals surface area contributed by atoms with E-state index in [1.165, 1.54) is 0 Å². The molecule has 2 N–H and O–H groups in total. The molecule has 2 rings (SSSR count). The summed E-state index contributed by atoms with van der Waals surface area (Å²) in [6.07, 6.45) is 3.51. The van der Waals surface area contributed by atoms with Gasteiger partial charge in [0.2, 0.25) is 0 Å². The van der Waals surface area contributed by atoms with Crippen molar-refractivity contribution in [1.82, 2.24) is 15.0 Å². The van der Waals surface area contributed by atoms with Crippen LogP contribution in [0.4, 0.5) is 11.6 Å². The SMILES string of the molecule is CC(C)Nc1cc(N(C)Cc2ccc[nH]2)ncn1. The Balaban J connectivity index is 2.07. The highest BCUT2D eigenvalue weighted by atomic mass is 15.2. The molecule has 2 heterocycles. The third-order valence-corrected chi connectivity index (χ3v) is 2.55. The largest absolute Gasteiger partial charge is 0.368 e. The minimum atomic E-state index is 0.362. The van der Waals surface area contributed by atoms with Gasteiger partial charge in [-0.25, -0.2) is 9.97 Å². The monoisotopic (exact) mass is 245 g/mol. The van der Waals surface area contributed by atoms with Crippen molar-refractivity contribution in [3.8, 4) is 0 Å². The van der Waals surface area contributed by atoms with Crippen LogP contribution in [0, 0.1) is 0 Å². The highest BCUT2D eigenvalue weighted by Crippen LogP contribution is 2.15. The molecule has 0 spiro atoms. The average Bonchev–Trinajstić information content (AvgIpc) is 2.81. The molecule has 18 heavy (non-hydrogen) atoms. The molecule has 2 aromatic rings. The van der Waals surface area contributed by atoms with Crippen molar-refractivity contribution in [3.05, 3.63) is 36.4 Å². The van der Waals surface area contributed by atoms with E-state index in [1.807, 2.05) is 25.4 Å². The summed E-state index contributed by atoms with van der Waals surface area (Å²) in [6.45, 7) is 4.97. The zero-order chi connectivity index (χ0) is 13.0. The van der Waals surface area contributed by atoms with Gasteiger partial charge in [-0.1, -0.05) is 0 Å². The Kier molecular flexibility index (Phi) is 3.82. The highest BCUT2D eigenvalue weighted by molar-refractivity contribution is 5.48. The van der Waals surface area contributed by atoms with E-state index < -0.39 is 0 Å². The third-order valence-electron chi connectivity index (χ3n) is 2.55. The zero-order valence-electron chi connectivity index (χ0n) is 11.0. The quantitative estimate of drug-likeness (QED) is 0.848. The van der Waals surface area contributed by atoms with E-state index in [0.717, 1.165) is 23.9 Å². The van der Waals surface area contributed by atoms with Gasteiger partial charge in [0.25, 0.3) is 0 Å². The molecular formula is C13H19N5. The summed E-state index contributed by atoms with van der Waals surface area (Å²) in [5.74, 6) is 1.76. The molecule has 0 fully saturated rings. The summed E-state index contributed by atoms with van der Waals surface area (Å²) in [6, 6.07) is 6.38. The Hall–Kier alpha value is -2.04. The topological polar surface area (TPSA) is 56.8 Å². The number of hydrogen-bond donors (Lipinski definition) is 2. The van der Waals surface area contributed by atoms with E-state index in [1.54, 1.807) is 6.33 Å². The molecule has 0 saturated carbocycles. The minimum absolute atomic E-state index is 0.362. The number of anilines is 2. The minimum Gasteiger partial charge on any atom is -0.368 e. The summed E-state index contributed by atoms with van der Waals surface area (Å²) in [5.41, 5.74) is 1.16. The van der Waals surface area contributed by atoms with E-state index in [9.17, 15) is 0 Å². The second-order valence-corrected chi connectivity index (χ2v) is 4.61. The van der Waals surface area contributed by atoms with Gasteiger partial charge in [-0.15, -0.1) is 0 Å². The number of nitrogens with one attached hydrogen (secondary N) is 2. The van der Waals surface area contributed by atoms with E-state index in [-0.39, 0.29) is 0 Å². The molecule has 5 heteroatoms. The van der Waals surface area contributed by atoms with E-state index in [2.05, 4.69) is 45.1 Å². The van der Waals surface area contributed by atoms with Gasteiger partial charge >= 0.3 is 0 Å². The van der Waals surface area contributed by atoms with Crippen LogP contribution < -0.4 is 10.2 Å². The van der Waals surface area contributed by atoms with Crippen LogP contribution in [-0.2, 0) is 6.54 Å². The van der Waals surface area contributed by atoms with Crippen molar-refractivity contribution in [1.29, 1.82) is 0 Å². The van der Waals surface area contributed by atoms with Crippen molar-refractivity contribution in [3.63, 3.8) is 0 Å². The molecule has 0 unspecified atom stereocenters. The van der Waals surface area contributed by atoms with E-state index >= 15 is 0 Å². The number of aromatic nitrogens is 3. The smallest absolute Gasteiger partial charge is 0.134 e. The maximum atomic E-state index is 4.29. The lowest BCUT2D eigenvalue weighted by molar-refractivity contribution is 0.858. The first-order valence-corrected chi connectivity index (χ1v) is 6.07. The van der Waals surface area contributed by atoms with Crippen LogP contribution in [0.5, 0.6) is 0 Å². The number of hydrogen-bond acceptors (Lipinski definition) is 4. The van der Waals surface area contributed by atoms with Gasteiger partial charge in [-0.05, 0) is 26.0 Å². The molecule has 5 nitrogen and oxygen atoms in total. The third kappa shape index (κ3) is 3.23. The Morgan fingerprint density at radius 2 is 2.22 bits per heavy atom. The molecule has 0 aliphatic heterocycles. The number of H-pyrrole nitrogens is 1. The standard InChI is InChI=1S/C13H19N5/c1-10(2)17-12-7-13(16-9-15-12)18(3)8-11-5-4-6-14-11/h4-7,9-10,14H,8H2,1-3H3,(H,15,16,17). The predicted octanol–water partition coefficient (Wildman–Crippen LogP) is 2.26. The van der Waals surface area contributed by atoms with Crippen LogP contribution in [0.3, 0.4) is 0 Å².